The molecule has 0 aliphatic heterocycles. The molecule has 0 atom stereocenters. The van der Waals surface area contributed by atoms with Gasteiger partial charge in [0.1, 0.15) is 23.6 Å². The molecule has 1 amide bonds. The topological polar surface area (TPSA) is 88.5 Å². The van der Waals surface area contributed by atoms with Crippen LogP contribution < -0.4 is 10.1 Å². The van der Waals surface area contributed by atoms with Crippen LogP contribution in [0.25, 0.3) is 10.8 Å². The molecule has 2 aromatic carbocycles. The molecular formula is C18H12ClFN2O4. The number of benzene rings is 2. The average molecular weight is 375 g/mol. The molecule has 1 heterocycles. The summed E-state index contributed by atoms with van der Waals surface area (Å²) < 4.78 is 18.8. The van der Waals surface area contributed by atoms with Crippen LogP contribution in [0.3, 0.4) is 0 Å². The molecule has 8 heteroatoms. The van der Waals surface area contributed by atoms with Crippen LogP contribution in [0.1, 0.15) is 10.5 Å². The largest absolute Gasteiger partial charge is 0.505 e. The lowest BCUT2D eigenvalue weighted by Crippen LogP contribution is -2.26. The molecule has 1 aromatic heterocycles. The van der Waals surface area contributed by atoms with Crippen molar-refractivity contribution < 1.29 is 23.8 Å². The lowest BCUT2D eigenvalue weighted by atomic mass is 10.1. The zero-order valence-electron chi connectivity index (χ0n) is 13.2. The van der Waals surface area contributed by atoms with Gasteiger partial charge in [0.05, 0.1) is 11.6 Å². The zero-order chi connectivity index (χ0) is 18.7. The van der Waals surface area contributed by atoms with Gasteiger partial charge < -0.3 is 20.0 Å². The van der Waals surface area contributed by atoms with E-state index < -0.39 is 11.7 Å². The Morgan fingerprint density at radius 2 is 2.00 bits per heavy atom. The molecule has 3 rings (SSSR count). The number of carbonyl (C=O) groups is 2. The van der Waals surface area contributed by atoms with Crippen LogP contribution in [-0.4, -0.2) is 28.8 Å². The SMILES string of the molecule is O=CCNC(=O)c1ncc2ccc(Oc3ccc(F)c(Cl)c3)cc2c1O. The first kappa shape index (κ1) is 17.6. The second-order valence-corrected chi connectivity index (χ2v) is 5.67. The first-order valence-corrected chi connectivity index (χ1v) is 7.84. The van der Waals surface area contributed by atoms with Gasteiger partial charge in [0, 0.05) is 23.0 Å². The van der Waals surface area contributed by atoms with E-state index in [0.717, 1.165) is 0 Å². The smallest absolute Gasteiger partial charge is 0.274 e. The minimum Gasteiger partial charge on any atom is -0.505 e. The number of nitrogens with one attached hydrogen (secondary N) is 1. The highest BCUT2D eigenvalue weighted by Crippen LogP contribution is 2.33. The van der Waals surface area contributed by atoms with Gasteiger partial charge in [0.25, 0.3) is 5.91 Å². The summed E-state index contributed by atoms with van der Waals surface area (Å²) in [5.41, 5.74) is -0.207. The summed E-state index contributed by atoms with van der Waals surface area (Å²) in [7, 11) is 0. The van der Waals surface area contributed by atoms with Gasteiger partial charge in [-0.25, -0.2) is 9.37 Å². The Labute approximate surface area is 152 Å². The summed E-state index contributed by atoms with van der Waals surface area (Å²) in [5.74, 6) is -0.914. The number of amides is 1. The molecule has 0 unspecified atom stereocenters. The molecule has 26 heavy (non-hydrogen) atoms. The lowest BCUT2D eigenvalue weighted by molar-refractivity contribution is -0.107. The third-order valence-electron chi connectivity index (χ3n) is 3.52. The Kier molecular flexibility index (Phi) is 4.99. The predicted molar refractivity (Wildman–Crippen MR) is 93.3 cm³/mol. The van der Waals surface area contributed by atoms with Crippen LogP contribution in [0.2, 0.25) is 5.02 Å². The van der Waals surface area contributed by atoms with E-state index in [-0.39, 0.29) is 23.0 Å². The number of hydrogen-bond acceptors (Lipinski definition) is 5. The van der Waals surface area contributed by atoms with Crippen molar-refractivity contribution in [3.05, 3.63) is 59.1 Å². The molecule has 6 nitrogen and oxygen atoms in total. The summed E-state index contributed by atoms with van der Waals surface area (Å²) in [5, 5.41) is 13.5. The highest BCUT2D eigenvalue weighted by molar-refractivity contribution is 6.30. The molecule has 0 saturated heterocycles. The number of hydrogen-bond donors (Lipinski definition) is 2. The van der Waals surface area contributed by atoms with Crippen LogP contribution in [0.4, 0.5) is 4.39 Å². The van der Waals surface area contributed by atoms with E-state index in [1.165, 1.54) is 30.5 Å². The van der Waals surface area contributed by atoms with Crippen LogP contribution in [0.5, 0.6) is 17.2 Å². The second-order valence-electron chi connectivity index (χ2n) is 5.26. The maximum absolute atomic E-state index is 13.2. The Morgan fingerprint density at radius 1 is 1.27 bits per heavy atom. The van der Waals surface area contributed by atoms with Gasteiger partial charge in [-0.2, -0.15) is 0 Å². The van der Waals surface area contributed by atoms with Gasteiger partial charge in [-0.05, 0) is 30.3 Å². The zero-order valence-corrected chi connectivity index (χ0v) is 14.0. The first-order valence-electron chi connectivity index (χ1n) is 7.46. The molecule has 132 valence electrons. The molecule has 2 N–H and O–H groups in total. The van der Waals surface area contributed by atoms with E-state index in [4.69, 9.17) is 16.3 Å². The van der Waals surface area contributed by atoms with Crippen molar-refractivity contribution in [2.45, 2.75) is 0 Å². The van der Waals surface area contributed by atoms with Gasteiger partial charge in [-0.3, -0.25) is 4.79 Å². The fraction of sp³-hybridized carbons (Fsp3) is 0.0556. The predicted octanol–water partition coefficient (Wildman–Crippen LogP) is 3.45. The Balaban J connectivity index is 1.95. The van der Waals surface area contributed by atoms with Gasteiger partial charge >= 0.3 is 0 Å². The minimum absolute atomic E-state index is 0.0792. The van der Waals surface area contributed by atoms with Crippen molar-refractivity contribution in [3.63, 3.8) is 0 Å². The van der Waals surface area contributed by atoms with Gasteiger partial charge in [-0.1, -0.05) is 11.6 Å². The fourth-order valence-corrected chi connectivity index (χ4v) is 2.47. The van der Waals surface area contributed by atoms with Crippen molar-refractivity contribution in [1.82, 2.24) is 10.3 Å². The van der Waals surface area contributed by atoms with E-state index in [9.17, 15) is 19.1 Å². The van der Waals surface area contributed by atoms with Crippen molar-refractivity contribution in [3.8, 4) is 17.2 Å². The molecule has 0 aliphatic carbocycles. The number of halogens is 2. The van der Waals surface area contributed by atoms with Crippen molar-refractivity contribution >= 4 is 34.6 Å². The third kappa shape index (κ3) is 3.57. The van der Waals surface area contributed by atoms with E-state index in [0.29, 0.717) is 28.6 Å². The molecule has 0 bridgehead atoms. The van der Waals surface area contributed by atoms with E-state index in [1.807, 2.05) is 0 Å². The highest BCUT2D eigenvalue weighted by atomic mass is 35.5. The lowest BCUT2D eigenvalue weighted by Gasteiger charge is -2.10. The first-order chi connectivity index (χ1) is 12.5. The number of aldehydes is 1. The van der Waals surface area contributed by atoms with E-state index >= 15 is 0 Å². The Morgan fingerprint density at radius 3 is 2.73 bits per heavy atom. The molecule has 0 spiro atoms. The van der Waals surface area contributed by atoms with Crippen molar-refractivity contribution in [1.29, 1.82) is 0 Å². The summed E-state index contributed by atoms with van der Waals surface area (Å²) >= 11 is 5.73. The van der Waals surface area contributed by atoms with Gasteiger partial charge in [0.15, 0.2) is 11.4 Å². The number of ether oxygens (including phenoxy) is 1. The number of aromatic hydroxyl groups is 1. The Bertz CT molecular complexity index is 1010. The van der Waals surface area contributed by atoms with E-state index in [2.05, 4.69) is 10.3 Å². The van der Waals surface area contributed by atoms with Crippen LogP contribution in [0.15, 0.2) is 42.6 Å². The number of aromatic nitrogens is 1. The number of rotatable bonds is 5. The minimum atomic E-state index is -0.673. The van der Waals surface area contributed by atoms with Crippen LogP contribution >= 0.6 is 11.6 Å². The Hall–Kier alpha value is -3.19. The second kappa shape index (κ2) is 7.37. The summed E-state index contributed by atoms with van der Waals surface area (Å²) in [4.78, 5) is 26.2. The van der Waals surface area contributed by atoms with Crippen molar-refractivity contribution in [2.75, 3.05) is 6.54 Å². The van der Waals surface area contributed by atoms with Gasteiger partial charge in [0.2, 0.25) is 0 Å². The third-order valence-corrected chi connectivity index (χ3v) is 3.81. The number of carbonyl (C=O) groups excluding carboxylic acids is 2. The summed E-state index contributed by atoms with van der Waals surface area (Å²) in [6.45, 7) is -0.188. The molecule has 3 aromatic rings. The molecule has 0 radical (unpaired) electrons. The van der Waals surface area contributed by atoms with E-state index in [1.54, 1.807) is 12.1 Å². The maximum Gasteiger partial charge on any atom is 0.274 e. The highest BCUT2D eigenvalue weighted by Gasteiger charge is 2.16. The molecular weight excluding hydrogens is 363 g/mol. The maximum atomic E-state index is 13.2. The average Bonchev–Trinajstić information content (AvgIpc) is 2.63. The summed E-state index contributed by atoms with van der Waals surface area (Å²) in [6, 6.07) is 8.71. The normalized spacial score (nSPS) is 10.5. The van der Waals surface area contributed by atoms with Crippen LogP contribution in [0, 0.1) is 5.82 Å². The quantitative estimate of drug-likeness (QED) is 0.668. The fourth-order valence-electron chi connectivity index (χ4n) is 2.30. The number of nitrogens with zero attached hydrogens (tertiary/aromatic N) is 1. The standard InChI is InChI=1S/C18H12ClFN2O4/c19-14-8-12(3-4-15(14)20)26-11-2-1-10-9-22-16(17(24)13(10)7-11)18(25)21-5-6-23/h1-4,6-9,24H,5H2,(H,21,25). The number of pyridine rings is 1. The number of fused-ring (bicyclic) bond motifs is 1. The van der Waals surface area contributed by atoms with Crippen molar-refractivity contribution in [2.24, 2.45) is 0 Å². The monoisotopic (exact) mass is 374 g/mol. The molecule has 0 aliphatic rings. The molecule has 0 saturated carbocycles. The summed E-state index contributed by atoms with van der Waals surface area (Å²) in [6.07, 6.45) is 1.94. The van der Waals surface area contributed by atoms with Gasteiger partial charge in [-0.15, -0.1) is 0 Å². The van der Waals surface area contributed by atoms with Crippen LogP contribution in [-0.2, 0) is 4.79 Å². The molecule has 0 fully saturated rings.